The number of benzene rings is 1. The molecule has 0 aliphatic carbocycles. The molecule has 18 heavy (non-hydrogen) atoms. The molecule has 2 aromatic rings. The van der Waals surface area contributed by atoms with E-state index in [4.69, 9.17) is 16.3 Å². The van der Waals surface area contributed by atoms with Crippen molar-refractivity contribution in [3.8, 4) is 5.69 Å². The first-order valence-corrected chi connectivity index (χ1v) is 5.86. The molecule has 0 spiro atoms. The molecule has 2 rings (SSSR count). The summed E-state index contributed by atoms with van der Waals surface area (Å²) in [5, 5.41) is 8.37. The van der Waals surface area contributed by atoms with E-state index in [1.165, 1.54) is 0 Å². The molecule has 1 heterocycles. The second-order valence-electron chi connectivity index (χ2n) is 3.64. The van der Waals surface area contributed by atoms with Crippen molar-refractivity contribution in [2.75, 3.05) is 6.61 Å². The van der Waals surface area contributed by atoms with Gasteiger partial charge in [-0.15, -0.1) is 5.10 Å². The van der Waals surface area contributed by atoms with Crippen molar-refractivity contribution in [3.05, 3.63) is 40.7 Å². The number of carbonyl (C=O) groups excluding carboxylic acids is 1. The predicted molar refractivity (Wildman–Crippen MR) is 67.1 cm³/mol. The highest BCUT2D eigenvalue weighted by molar-refractivity contribution is 6.30. The molecule has 1 aromatic carbocycles. The molecule has 1 aromatic heterocycles. The first kappa shape index (κ1) is 12.6. The molecule has 0 N–H and O–H groups in total. The highest BCUT2D eigenvalue weighted by Gasteiger charge is 2.18. The van der Waals surface area contributed by atoms with Crippen LogP contribution in [0.5, 0.6) is 0 Å². The van der Waals surface area contributed by atoms with Gasteiger partial charge in [0.05, 0.1) is 18.0 Å². The third-order valence-corrected chi connectivity index (χ3v) is 2.65. The van der Waals surface area contributed by atoms with Crippen molar-refractivity contribution in [2.45, 2.75) is 13.8 Å². The molecule has 0 bridgehead atoms. The van der Waals surface area contributed by atoms with Gasteiger partial charge < -0.3 is 4.74 Å². The summed E-state index contributed by atoms with van der Waals surface area (Å²) in [4.78, 5) is 11.6. The summed E-state index contributed by atoms with van der Waals surface area (Å²) in [6.07, 6.45) is 0. The molecule has 0 amide bonds. The minimum Gasteiger partial charge on any atom is -0.461 e. The van der Waals surface area contributed by atoms with Crippen LogP contribution in [0.2, 0.25) is 5.02 Å². The second-order valence-corrected chi connectivity index (χ2v) is 4.07. The van der Waals surface area contributed by atoms with E-state index >= 15 is 0 Å². The van der Waals surface area contributed by atoms with E-state index in [1.807, 2.05) is 12.1 Å². The average molecular weight is 266 g/mol. The highest BCUT2D eigenvalue weighted by Crippen LogP contribution is 2.17. The molecular weight excluding hydrogens is 254 g/mol. The van der Waals surface area contributed by atoms with E-state index in [0.717, 1.165) is 5.69 Å². The number of hydrogen-bond donors (Lipinski definition) is 0. The number of halogens is 1. The Morgan fingerprint density at radius 3 is 2.94 bits per heavy atom. The fourth-order valence-corrected chi connectivity index (χ4v) is 1.75. The van der Waals surface area contributed by atoms with Crippen LogP contribution < -0.4 is 0 Å². The maximum atomic E-state index is 11.6. The molecule has 5 nitrogen and oxygen atoms in total. The van der Waals surface area contributed by atoms with E-state index in [9.17, 15) is 4.79 Å². The predicted octanol–water partition coefficient (Wildman–Crippen LogP) is 2.41. The lowest BCUT2D eigenvalue weighted by molar-refractivity contribution is 0.0518. The first-order chi connectivity index (χ1) is 8.63. The molecule has 94 valence electrons. The maximum absolute atomic E-state index is 11.6. The lowest BCUT2D eigenvalue weighted by atomic mass is 10.3. The van der Waals surface area contributed by atoms with E-state index in [0.29, 0.717) is 17.3 Å². The van der Waals surface area contributed by atoms with Gasteiger partial charge in [-0.2, -0.15) is 0 Å². The number of aromatic nitrogens is 3. The molecule has 0 saturated heterocycles. The largest absolute Gasteiger partial charge is 0.461 e. The van der Waals surface area contributed by atoms with Gasteiger partial charge in [-0.05, 0) is 32.0 Å². The topological polar surface area (TPSA) is 57.0 Å². The first-order valence-electron chi connectivity index (χ1n) is 5.49. The van der Waals surface area contributed by atoms with Crippen LogP contribution in [-0.2, 0) is 4.74 Å². The van der Waals surface area contributed by atoms with Gasteiger partial charge in [0.25, 0.3) is 0 Å². The molecule has 0 atom stereocenters. The number of nitrogens with zero attached hydrogens (tertiary/aromatic N) is 3. The van der Waals surface area contributed by atoms with Crippen molar-refractivity contribution in [2.24, 2.45) is 0 Å². The van der Waals surface area contributed by atoms with Gasteiger partial charge in [0, 0.05) is 5.02 Å². The molecule has 0 saturated carbocycles. The number of carbonyl (C=O) groups is 1. The molecule has 0 radical (unpaired) electrons. The van der Waals surface area contributed by atoms with Crippen LogP contribution in [0.1, 0.15) is 23.1 Å². The Morgan fingerprint density at radius 1 is 1.50 bits per heavy atom. The molecule has 0 fully saturated rings. The van der Waals surface area contributed by atoms with Crippen LogP contribution in [0.3, 0.4) is 0 Å². The fourth-order valence-electron chi connectivity index (χ4n) is 1.57. The van der Waals surface area contributed by atoms with E-state index < -0.39 is 5.97 Å². The molecule has 0 aliphatic heterocycles. The average Bonchev–Trinajstić information content (AvgIpc) is 2.71. The van der Waals surface area contributed by atoms with E-state index in [2.05, 4.69) is 10.3 Å². The van der Waals surface area contributed by atoms with Gasteiger partial charge >= 0.3 is 5.97 Å². The van der Waals surface area contributed by atoms with Crippen LogP contribution in [0, 0.1) is 6.92 Å². The summed E-state index contributed by atoms with van der Waals surface area (Å²) in [6, 6.07) is 7.16. The maximum Gasteiger partial charge on any atom is 0.360 e. The molecule has 0 unspecified atom stereocenters. The quantitative estimate of drug-likeness (QED) is 0.800. The standard InChI is InChI=1S/C12H12ClN3O2/c1-3-18-12(17)11-8(2)16(15-14-11)10-6-4-5-9(13)7-10/h4-7H,3H2,1-2H3. The Bertz CT molecular complexity index is 580. The van der Waals surface area contributed by atoms with Crippen LogP contribution in [0.4, 0.5) is 0 Å². The third kappa shape index (κ3) is 2.36. The molecular formula is C12H12ClN3O2. The van der Waals surface area contributed by atoms with Gasteiger partial charge in [0.1, 0.15) is 0 Å². The van der Waals surface area contributed by atoms with Gasteiger partial charge in [0.15, 0.2) is 5.69 Å². The van der Waals surface area contributed by atoms with Gasteiger partial charge in [0.2, 0.25) is 0 Å². The molecule has 0 aliphatic rings. The summed E-state index contributed by atoms with van der Waals surface area (Å²) in [7, 11) is 0. The lowest BCUT2D eigenvalue weighted by Crippen LogP contribution is -2.07. The SMILES string of the molecule is CCOC(=O)c1nnn(-c2cccc(Cl)c2)c1C. The van der Waals surface area contributed by atoms with Crippen molar-refractivity contribution < 1.29 is 9.53 Å². The Morgan fingerprint density at radius 2 is 2.28 bits per heavy atom. The highest BCUT2D eigenvalue weighted by atomic mass is 35.5. The Hall–Kier alpha value is -1.88. The van der Waals surface area contributed by atoms with Crippen LogP contribution in [0.25, 0.3) is 5.69 Å². The van der Waals surface area contributed by atoms with E-state index in [1.54, 1.807) is 30.7 Å². The summed E-state index contributed by atoms with van der Waals surface area (Å²) in [5.74, 6) is -0.469. The van der Waals surface area contributed by atoms with Gasteiger partial charge in [-0.3, -0.25) is 0 Å². The summed E-state index contributed by atoms with van der Waals surface area (Å²) < 4.78 is 6.45. The van der Waals surface area contributed by atoms with Gasteiger partial charge in [-0.1, -0.05) is 22.9 Å². The molecule has 6 heteroatoms. The summed E-state index contributed by atoms with van der Waals surface area (Å²) in [5.41, 5.74) is 1.59. The Balaban J connectivity index is 2.39. The fraction of sp³-hybridized carbons (Fsp3) is 0.250. The second kappa shape index (κ2) is 5.18. The van der Waals surface area contributed by atoms with Crippen molar-refractivity contribution >= 4 is 17.6 Å². The van der Waals surface area contributed by atoms with Crippen molar-refractivity contribution in [3.63, 3.8) is 0 Å². The lowest BCUT2D eigenvalue weighted by Gasteiger charge is -2.03. The van der Waals surface area contributed by atoms with Crippen molar-refractivity contribution in [1.29, 1.82) is 0 Å². The zero-order valence-corrected chi connectivity index (χ0v) is 10.8. The number of rotatable bonds is 3. The Labute approximate surface area is 109 Å². The Kier molecular flexibility index (Phi) is 3.62. The van der Waals surface area contributed by atoms with Crippen LogP contribution in [-0.4, -0.2) is 27.6 Å². The number of hydrogen-bond acceptors (Lipinski definition) is 4. The zero-order valence-electron chi connectivity index (χ0n) is 10.1. The minimum absolute atomic E-state index is 0.219. The third-order valence-electron chi connectivity index (χ3n) is 2.42. The van der Waals surface area contributed by atoms with E-state index in [-0.39, 0.29) is 5.69 Å². The number of ether oxygens (including phenoxy) is 1. The normalized spacial score (nSPS) is 10.4. The monoisotopic (exact) mass is 265 g/mol. The zero-order chi connectivity index (χ0) is 13.1. The van der Waals surface area contributed by atoms with Gasteiger partial charge in [-0.25, -0.2) is 9.48 Å². The minimum atomic E-state index is -0.469. The smallest absolute Gasteiger partial charge is 0.360 e. The number of esters is 1. The van der Waals surface area contributed by atoms with Crippen LogP contribution >= 0.6 is 11.6 Å². The van der Waals surface area contributed by atoms with Crippen LogP contribution in [0.15, 0.2) is 24.3 Å². The van der Waals surface area contributed by atoms with Crippen molar-refractivity contribution in [1.82, 2.24) is 15.0 Å². The summed E-state index contributed by atoms with van der Waals surface area (Å²) >= 11 is 5.91. The summed E-state index contributed by atoms with van der Waals surface area (Å²) in [6.45, 7) is 3.81.